The summed E-state index contributed by atoms with van der Waals surface area (Å²) in [4.78, 5) is 11.9. The average Bonchev–Trinajstić information content (AvgIpc) is 2.42. The number of nitrogens with two attached hydrogens (primary N) is 1. The van der Waals surface area contributed by atoms with E-state index in [0.717, 1.165) is 0 Å². The number of benzene rings is 1. The fraction of sp³-hybridized carbons (Fsp3) is 0.500. The topological polar surface area (TPSA) is 64.3 Å². The minimum atomic E-state index is -4.39. The Kier molecular flexibility index (Phi) is 6.17. The van der Waals surface area contributed by atoms with E-state index in [1.165, 1.54) is 0 Å². The van der Waals surface area contributed by atoms with Gasteiger partial charge in [-0.3, -0.25) is 10.1 Å². The number of carbonyl (C=O) groups excluding carboxylic acids is 1. The first-order valence-corrected chi connectivity index (χ1v) is 6.57. The molecule has 4 nitrogen and oxygen atoms in total. The van der Waals surface area contributed by atoms with E-state index >= 15 is 0 Å². The van der Waals surface area contributed by atoms with Crippen molar-refractivity contribution in [1.82, 2.24) is 5.32 Å². The summed E-state index contributed by atoms with van der Waals surface area (Å²) in [6.07, 6.45) is -4.36. The molecule has 1 aromatic carbocycles. The Morgan fingerprint density at radius 2 is 1.90 bits per heavy atom. The molecule has 0 aliphatic heterocycles. The largest absolute Gasteiger partial charge is 0.411 e. The van der Waals surface area contributed by atoms with E-state index in [2.05, 4.69) is 10.1 Å². The molecule has 0 aromatic heterocycles. The number of rotatable bonds is 8. The summed E-state index contributed by atoms with van der Waals surface area (Å²) in [6.45, 7) is 0.654. The predicted molar refractivity (Wildman–Crippen MR) is 72.5 cm³/mol. The summed E-state index contributed by atoms with van der Waals surface area (Å²) in [5, 5.41) is 2.97. The number of nitrogens with one attached hydrogen (secondary N) is 1. The molecule has 0 aliphatic carbocycles. The second kappa shape index (κ2) is 7.42. The SMILES string of the molecule is CCNC(CCOCC(F)(F)F)(C(N)=O)c1ccccc1. The molecule has 118 valence electrons. The molecule has 0 heterocycles. The molecule has 1 unspecified atom stereocenters. The molecule has 0 bridgehead atoms. The fourth-order valence-corrected chi connectivity index (χ4v) is 2.12. The smallest absolute Gasteiger partial charge is 0.372 e. The van der Waals surface area contributed by atoms with E-state index in [1.807, 2.05) is 0 Å². The minimum Gasteiger partial charge on any atom is -0.372 e. The third kappa shape index (κ3) is 5.02. The zero-order chi connectivity index (χ0) is 15.9. The van der Waals surface area contributed by atoms with Crippen LogP contribution in [0.3, 0.4) is 0 Å². The highest BCUT2D eigenvalue weighted by atomic mass is 19.4. The van der Waals surface area contributed by atoms with Gasteiger partial charge < -0.3 is 10.5 Å². The van der Waals surface area contributed by atoms with Crippen LogP contribution in [0.25, 0.3) is 0 Å². The number of primary amides is 1. The standard InChI is InChI=1S/C14H19F3N2O2/c1-2-19-13(12(18)20,11-6-4-3-5-7-11)8-9-21-10-14(15,16)17/h3-7,19H,2,8-10H2,1H3,(H2,18,20). The fourth-order valence-electron chi connectivity index (χ4n) is 2.12. The van der Waals surface area contributed by atoms with Crippen molar-refractivity contribution < 1.29 is 22.7 Å². The van der Waals surface area contributed by atoms with Crippen molar-refractivity contribution >= 4 is 5.91 Å². The lowest BCUT2D eigenvalue weighted by molar-refractivity contribution is -0.175. The first kappa shape index (κ1) is 17.5. The highest BCUT2D eigenvalue weighted by Crippen LogP contribution is 2.25. The van der Waals surface area contributed by atoms with Gasteiger partial charge in [-0.05, 0) is 12.1 Å². The van der Waals surface area contributed by atoms with E-state index in [1.54, 1.807) is 37.3 Å². The Labute approximate surface area is 121 Å². The van der Waals surface area contributed by atoms with Gasteiger partial charge in [-0.25, -0.2) is 0 Å². The summed E-state index contributed by atoms with van der Waals surface area (Å²) in [5.74, 6) is -0.647. The summed E-state index contributed by atoms with van der Waals surface area (Å²) in [7, 11) is 0. The quantitative estimate of drug-likeness (QED) is 0.722. The number of amides is 1. The number of halogens is 3. The Bertz CT molecular complexity index is 451. The monoisotopic (exact) mass is 304 g/mol. The highest BCUT2D eigenvalue weighted by molar-refractivity contribution is 5.86. The van der Waals surface area contributed by atoms with Crippen LogP contribution in [0.2, 0.25) is 0 Å². The third-order valence-electron chi connectivity index (χ3n) is 3.05. The Morgan fingerprint density at radius 3 is 2.38 bits per heavy atom. The lowest BCUT2D eigenvalue weighted by Gasteiger charge is -2.32. The average molecular weight is 304 g/mol. The van der Waals surface area contributed by atoms with E-state index in [0.29, 0.717) is 12.1 Å². The van der Waals surface area contributed by atoms with Crippen molar-refractivity contribution in [2.45, 2.75) is 25.1 Å². The number of hydrogen-bond donors (Lipinski definition) is 2. The maximum atomic E-state index is 12.1. The van der Waals surface area contributed by atoms with E-state index in [-0.39, 0.29) is 13.0 Å². The van der Waals surface area contributed by atoms with Crippen LogP contribution in [0.15, 0.2) is 30.3 Å². The van der Waals surface area contributed by atoms with Crippen LogP contribution in [-0.2, 0) is 15.1 Å². The maximum Gasteiger partial charge on any atom is 0.411 e. The van der Waals surface area contributed by atoms with E-state index < -0.39 is 24.2 Å². The zero-order valence-electron chi connectivity index (χ0n) is 11.7. The van der Waals surface area contributed by atoms with Crippen LogP contribution in [0, 0.1) is 0 Å². The van der Waals surface area contributed by atoms with Crippen LogP contribution in [0.1, 0.15) is 18.9 Å². The predicted octanol–water partition coefficient (Wildman–Crippen LogP) is 1.95. The van der Waals surface area contributed by atoms with Gasteiger partial charge in [-0.1, -0.05) is 37.3 Å². The van der Waals surface area contributed by atoms with Gasteiger partial charge in [0.1, 0.15) is 12.1 Å². The van der Waals surface area contributed by atoms with Gasteiger partial charge in [0.15, 0.2) is 0 Å². The van der Waals surface area contributed by atoms with Crippen molar-refractivity contribution in [2.75, 3.05) is 19.8 Å². The molecule has 7 heteroatoms. The molecule has 1 atom stereocenters. The van der Waals surface area contributed by atoms with Gasteiger partial charge in [0.05, 0.1) is 0 Å². The molecule has 0 saturated carbocycles. The third-order valence-corrected chi connectivity index (χ3v) is 3.05. The molecule has 0 aliphatic rings. The Hall–Kier alpha value is -1.60. The summed E-state index contributed by atoms with van der Waals surface area (Å²) in [6, 6.07) is 8.66. The summed E-state index contributed by atoms with van der Waals surface area (Å²) < 4.78 is 40.8. The molecule has 3 N–H and O–H groups in total. The van der Waals surface area contributed by atoms with Gasteiger partial charge in [-0.15, -0.1) is 0 Å². The normalized spacial score (nSPS) is 14.7. The lowest BCUT2D eigenvalue weighted by atomic mass is 9.86. The molecule has 21 heavy (non-hydrogen) atoms. The molecule has 0 saturated heterocycles. The molecule has 0 spiro atoms. The molecule has 1 rings (SSSR count). The van der Waals surface area contributed by atoms with Crippen LogP contribution >= 0.6 is 0 Å². The number of likely N-dealkylation sites (N-methyl/N-ethyl adjacent to an activating group) is 1. The minimum absolute atomic E-state index is 0.0241. The summed E-state index contributed by atoms with van der Waals surface area (Å²) >= 11 is 0. The van der Waals surface area contributed by atoms with Crippen molar-refractivity contribution in [3.63, 3.8) is 0 Å². The maximum absolute atomic E-state index is 12.1. The van der Waals surface area contributed by atoms with E-state index in [4.69, 9.17) is 5.73 Å². The first-order valence-electron chi connectivity index (χ1n) is 6.57. The van der Waals surface area contributed by atoms with Gasteiger partial charge in [0.25, 0.3) is 0 Å². The molecule has 1 aromatic rings. The second-order valence-electron chi connectivity index (χ2n) is 4.58. The molecule has 1 amide bonds. The van der Waals surface area contributed by atoms with Gasteiger partial charge in [0.2, 0.25) is 5.91 Å². The number of alkyl halides is 3. The molecular formula is C14H19F3N2O2. The lowest BCUT2D eigenvalue weighted by Crippen LogP contribution is -2.53. The molecule has 0 fully saturated rings. The van der Waals surface area contributed by atoms with Crippen LogP contribution < -0.4 is 11.1 Å². The van der Waals surface area contributed by atoms with Gasteiger partial charge in [-0.2, -0.15) is 13.2 Å². The van der Waals surface area contributed by atoms with Crippen LogP contribution in [0.5, 0.6) is 0 Å². The second-order valence-corrected chi connectivity index (χ2v) is 4.58. The molecular weight excluding hydrogens is 285 g/mol. The van der Waals surface area contributed by atoms with Crippen molar-refractivity contribution in [2.24, 2.45) is 5.73 Å². The number of ether oxygens (including phenoxy) is 1. The van der Waals surface area contributed by atoms with E-state index in [9.17, 15) is 18.0 Å². The first-order chi connectivity index (χ1) is 9.82. The van der Waals surface area contributed by atoms with Crippen molar-refractivity contribution in [3.8, 4) is 0 Å². The molecule has 0 radical (unpaired) electrons. The zero-order valence-corrected chi connectivity index (χ0v) is 11.7. The number of hydrogen-bond acceptors (Lipinski definition) is 3. The Morgan fingerprint density at radius 1 is 1.29 bits per heavy atom. The van der Waals surface area contributed by atoms with Crippen molar-refractivity contribution in [3.05, 3.63) is 35.9 Å². The summed E-state index contributed by atoms with van der Waals surface area (Å²) in [5.41, 5.74) is 4.85. The highest BCUT2D eigenvalue weighted by Gasteiger charge is 2.37. The van der Waals surface area contributed by atoms with Gasteiger partial charge in [0, 0.05) is 13.0 Å². The van der Waals surface area contributed by atoms with Crippen molar-refractivity contribution in [1.29, 1.82) is 0 Å². The van der Waals surface area contributed by atoms with Crippen LogP contribution in [0.4, 0.5) is 13.2 Å². The van der Waals surface area contributed by atoms with Gasteiger partial charge >= 0.3 is 6.18 Å². The Balaban J connectivity index is 2.85. The van der Waals surface area contributed by atoms with Crippen LogP contribution in [-0.4, -0.2) is 31.8 Å². The number of carbonyl (C=O) groups is 1.